The van der Waals surface area contributed by atoms with Gasteiger partial charge in [-0.1, -0.05) is 22.0 Å². The summed E-state index contributed by atoms with van der Waals surface area (Å²) in [6.07, 6.45) is 2.59. The van der Waals surface area contributed by atoms with Crippen molar-refractivity contribution >= 4 is 27.5 Å². The summed E-state index contributed by atoms with van der Waals surface area (Å²) < 4.78 is 1.09. The van der Waals surface area contributed by atoms with Crippen molar-refractivity contribution in [2.75, 3.05) is 18.5 Å². The zero-order valence-corrected chi connectivity index (χ0v) is 14.5. The predicted molar refractivity (Wildman–Crippen MR) is 90.6 cm³/mol. The Morgan fingerprint density at radius 1 is 1.43 bits per heavy atom. The van der Waals surface area contributed by atoms with E-state index < -0.39 is 0 Å². The molecule has 2 rings (SSSR count). The lowest BCUT2D eigenvalue weighted by atomic mass is 10.2. The third kappa shape index (κ3) is 5.32. The van der Waals surface area contributed by atoms with E-state index in [9.17, 15) is 4.79 Å². The highest BCUT2D eigenvalue weighted by Gasteiger charge is 2.20. The second-order valence-corrected chi connectivity index (χ2v) is 6.86. The van der Waals surface area contributed by atoms with Gasteiger partial charge in [-0.25, -0.2) is 0 Å². The average Bonchev–Trinajstić information content (AvgIpc) is 3.20. The van der Waals surface area contributed by atoms with Gasteiger partial charge in [-0.2, -0.15) is 0 Å². The fourth-order valence-corrected chi connectivity index (χ4v) is 2.64. The molecule has 0 aliphatic heterocycles. The van der Waals surface area contributed by atoms with Crippen LogP contribution in [0.2, 0.25) is 0 Å². The van der Waals surface area contributed by atoms with Crippen LogP contribution in [0.1, 0.15) is 32.3 Å². The molecular weight excluding hydrogens is 330 g/mol. The molecule has 4 nitrogen and oxygen atoms in total. The average molecular weight is 354 g/mol. The molecule has 1 aromatic rings. The minimum absolute atomic E-state index is 0.0445. The lowest BCUT2D eigenvalue weighted by Gasteiger charge is -2.20. The summed E-state index contributed by atoms with van der Waals surface area (Å²) in [5.74, 6) is 0.0445. The predicted octanol–water partition coefficient (Wildman–Crippen LogP) is 2.66. The van der Waals surface area contributed by atoms with E-state index in [0.717, 1.165) is 16.7 Å². The molecule has 0 aromatic heterocycles. The van der Waals surface area contributed by atoms with Crippen molar-refractivity contribution in [3.8, 4) is 0 Å². The zero-order chi connectivity index (χ0) is 15.4. The molecule has 0 saturated heterocycles. The molecule has 21 heavy (non-hydrogen) atoms. The first kappa shape index (κ1) is 16.3. The third-order valence-electron chi connectivity index (χ3n) is 3.47. The summed E-state index contributed by atoms with van der Waals surface area (Å²) >= 11 is 3.63. The highest BCUT2D eigenvalue weighted by Crippen LogP contribution is 2.25. The standard InChI is InChI=1S/C16H24BrN3O/c1-11(2)19-16(21)10-20(3)14-7-4-12(15(17)8-14)9-18-13-5-6-13/h4,7-8,11,13,18H,5-6,9-10H2,1-3H3,(H,19,21). The van der Waals surface area contributed by atoms with Crippen molar-refractivity contribution < 1.29 is 4.79 Å². The quantitative estimate of drug-likeness (QED) is 0.791. The van der Waals surface area contributed by atoms with Crippen LogP contribution in [0, 0.1) is 0 Å². The van der Waals surface area contributed by atoms with Crippen molar-refractivity contribution in [2.45, 2.75) is 45.3 Å². The van der Waals surface area contributed by atoms with Gasteiger partial charge in [0.25, 0.3) is 0 Å². The number of hydrogen-bond acceptors (Lipinski definition) is 3. The number of likely N-dealkylation sites (N-methyl/N-ethyl adjacent to an activating group) is 1. The highest BCUT2D eigenvalue weighted by atomic mass is 79.9. The molecule has 2 N–H and O–H groups in total. The molecular formula is C16H24BrN3O. The number of halogens is 1. The molecule has 0 radical (unpaired) electrons. The summed E-state index contributed by atoms with van der Waals surface area (Å²) in [4.78, 5) is 13.8. The van der Waals surface area contributed by atoms with E-state index >= 15 is 0 Å². The molecule has 0 unspecified atom stereocenters. The molecule has 0 spiro atoms. The van der Waals surface area contributed by atoms with E-state index in [4.69, 9.17) is 0 Å². The second-order valence-electron chi connectivity index (χ2n) is 6.01. The van der Waals surface area contributed by atoms with Gasteiger partial charge in [0, 0.05) is 35.8 Å². The summed E-state index contributed by atoms with van der Waals surface area (Å²) in [6, 6.07) is 7.14. The Morgan fingerprint density at radius 2 is 2.14 bits per heavy atom. The van der Waals surface area contributed by atoms with Crippen LogP contribution in [0.25, 0.3) is 0 Å². The number of nitrogens with zero attached hydrogens (tertiary/aromatic N) is 1. The Bertz CT molecular complexity index is 500. The first-order chi connectivity index (χ1) is 9.95. The van der Waals surface area contributed by atoms with Crippen LogP contribution < -0.4 is 15.5 Å². The SMILES string of the molecule is CC(C)NC(=O)CN(C)c1ccc(CNC2CC2)c(Br)c1. The van der Waals surface area contributed by atoms with Crippen molar-refractivity contribution in [3.05, 3.63) is 28.2 Å². The Labute approximate surface area is 135 Å². The molecule has 1 aromatic carbocycles. The van der Waals surface area contributed by atoms with Gasteiger partial charge < -0.3 is 15.5 Å². The number of nitrogens with one attached hydrogen (secondary N) is 2. The fraction of sp³-hybridized carbons (Fsp3) is 0.562. The molecule has 1 aliphatic rings. The van der Waals surface area contributed by atoms with E-state index in [-0.39, 0.29) is 11.9 Å². The second kappa shape index (κ2) is 7.27. The molecule has 0 heterocycles. The van der Waals surface area contributed by atoms with Gasteiger partial charge in [0.15, 0.2) is 0 Å². The Balaban J connectivity index is 1.92. The maximum atomic E-state index is 11.8. The molecule has 1 aliphatic carbocycles. The minimum Gasteiger partial charge on any atom is -0.365 e. The minimum atomic E-state index is 0.0445. The van der Waals surface area contributed by atoms with E-state index in [2.05, 4.69) is 44.8 Å². The van der Waals surface area contributed by atoms with E-state index in [1.807, 2.05) is 25.8 Å². The Morgan fingerprint density at radius 3 is 2.71 bits per heavy atom. The molecule has 1 fully saturated rings. The maximum absolute atomic E-state index is 11.8. The molecule has 1 amide bonds. The monoisotopic (exact) mass is 353 g/mol. The smallest absolute Gasteiger partial charge is 0.239 e. The maximum Gasteiger partial charge on any atom is 0.239 e. The van der Waals surface area contributed by atoms with Crippen molar-refractivity contribution in [3.63, 3.8) is 0 Å². The lowest BCUT2D eigenvalue weighted by molar-refractivity contribution is -0.120. The number of rotatable bonds is 7. The van der Waals surface area contributed by atoms with Crippen LogP contribution in [0.5, 0.6) is 0 Å². The van der Waals surface area contributed by atoms with Gasteiger partial charge >= 0.3 is 0 Å². The van der Waals surface area contributed by atoms with Crippen LogP contribution in [0.15, 0.2) is 22.7 Å². The number of carbonyl (C=O) groups excluding carboxylic acids is 1. The number of benzene rings is 1. The van der Waals surface area contributed by atoms with Gasteiger partial charge in [0.1, 0.15) is 0 Å². The van der Waals surface area contributed by atoms with Crippen LogP contribution >= 0.6 is 15.9 Å². The number of hydrogen-bond donors (Lipinski definition) is 2. The molecule has 0 bridgehead atoms. The van der Waals surface area contributed by atoms with Gasteiger partial charge in [0.2, 0.25) is 5.91 Å². The van der Waals surface area contributed by atoms with Crippen LogP contribution in [0.3, 0.4) is 0 Å². The topological polar surface area (TPSA) is 44.4 Å². The Kier molecular flexibility index (Phi) is 5.65. The first-order valence-electron chi connectivity index (χ1n) is 7.48. The fourth-order valence-electron chi connectivity index (χ4n) is 2.13. The van der Waals surface area contributed by atoms with E-state index in [0.29, 0.717) is 12.6 Å². The third-order valence-corrected chi connectivity index (χ3v) is 4.20. The van der Waals surface area contributed by atoms with Crippen molar-refractivity contribution in [2.24, 2.45) is 0 Å². The highest BCUT2D eigenvalue weighted by molar-refractivity contribution is 9.10. The number of anilines is 1. The number of carbonyl (C=O) groups is 1. The Hall–Kier alpha value is -1.07. The molecule has 1 saturated carbocycles. The summed E-state index contributed by atoms with van der Waals surface area (Å²) in [6.45, 7) is 5.19. The summed E-state index contributed by atoms with van der Waals surface area (Å²) in [5.41, 5.74) is 2.29. The normalized spacial score (nSPS) is 14.3. The van der Waals surface area contributed by atoms with Gasteiger partial charge in [0.05, 0.1) is 6.54 Å². The van der Waals surface area contributed by atoms with E-state index in [1.165, 1.54) is 18.4 Å². The van der Waals surface area contributed by atoms with Crippen LogP contribution in [-0.2, 0) is 11.3 Å². The largest absolute Gasteiger partial charge is 0.365 e. The van der Waals surface area contributed by atoms with Crippen molar-refractivity contribution in [1.29, 1.82) is 0 Å². The lowest BCUT2D eigenvalue weighted by Crippen LogP contribution is -2.38. The van der Waals surface area contributed by atoms with Crippen molar-refractivity contribution in [1.82, 2.24) is 10.6 Å². The van der Waals surface area contributed by atoms with Crippen LogP contribution in [-0.4, -0.2) is 31.6 Å². The van der Waals surface area contributed by atoms with E-state index in [1.54, 1.807) is 0 Å². The van der Waals surface area contributed by atoms with Gasteiger partial charge in [-0.05, 0) is 44.4 Å². The molecule has 5 heteroatoms. The number of amides is 1. The summed E-state index contributed by atoms with van der Waals surface area (Å²) in [7, 11) is 1.93. The molecule has 116 valence electrons. The van der Waals surface area contributed by atoms with Gasteiger partial charge in [-0.3, -0.25) is 4.79 Å². The van der Waals surface area contributed by atoms with Gasteiger partial charge in [-0.15, -0.1) is 0 Å². The first-order valence-corrected chi connectivity index (χ1v) is 8.27. The summed E-state index contributed by atoms with van der Waals surface area (Å²) in [5, 5.41) is 6.42. The molecule has 0 atom stereocenters. The van der Waals surface area contributed by atoms with Crippen LogP contribution in [0.4, 0.5) is 5.69 Å². The zero-order valence-electron chi connectivity index (χ0n) is 12.9.